The highest BCUT2D eigenvalue weighted by atomic mass is 35.5. The third kappa shape index (κ3) is 18.0. The van der Waals surface area contributed by atoms with Gasteiger partial charge in [-0.1, -0.05) is 67.0 Å². The number of hydrazine groups is 1. The second kappa shape index (κ2) is 34.0. The number of aliphatic hydroxyl groups is 5. The SMILES string of the molecule is CN[C@H](CC(C)C)C(=O)N[C@@H](C(=O)N[C@@H](CC(N)=O)C(N)=O)[C@H](O)c1ccc(Oc2cc3cc(c2OC2OC(CSc4nnc(NN)n4N)C(O)C(O)C2OC2CC(C)(N)C(O)C(C)O2)Oc2ccc(cc2Cl)[C@@H](O)C2NC(=O)[C@H](NC(=O)[C@@H]3C)c3ccc(O)c(c3)-c3c(O)cc(O)cc3[C@H](C(=O)O)NC2=O)c(Cl)c1. The minimum absolute atomic E-state index is 0.0263. The number of benzene rings is 5. The third-order valence-corrected chi connectivity index (χ3v) is 20.4. The Balaban J connectivity index is 1.16. The number of carbonyl (C=O) groups is 8. The molecule has 0 aliphatic carbocycles. The number of nitrogens with one attached hydrogen (secondary N) is 7. The zero-order valence-electron chi connectivity index (χ0n) is 59.4. The van der Waals surface area contributed by atoms with Gasteiger partial charge in [-0.15, -0.1) is 10.2 Å². The number of aromatic hydroxyl groups is 3. The molecular weight excluding hydrogens is 1510 g/mol. The number of phenols is 3. The molecule has 5 aliphatic rings. The summed E-state index contributed by atoms with van der Waals surface area (Å²) in [5.74, 6) is -4.15. The Morgan fingerprint density at radius 1 is 0.800 bits per heavy atom. The third-order valence-electron chi connectivity index (χ3n) is 18.8. The Kier molecular flexibility index (Phi) is 25.5. The number of amides is 7. The number of ether oxygens (including phenoxy) is 6. The molecule has 38 nitrogen and oxygen atoms in total. The number of nitrogens with two attached hydrogens (primary N) is 5. The topological polar surface area (TPSA) is 619 Å². The number of hydrogen-bond donors (Lipinski definition) is 21. The lowest BCUT2D eigenvalue weighted by molar-refractivity contribution is -0.329. The normalized spacial score (nSPS) is 25.8. The number of hydrogen-bond acceptors (Lipinski definition) is 30. The molecule has 18 atom stereocenters. The molecule has 6 heterocycles. The zero-order chi connectivity index (χ0) is 80.4. The van der Waals surface area contributed by atoms with Gasteiger partial charge in [0, 0.05) is 40.5 Å². The minimum Gasteiger partial charge on any atom is -0.508 e. The van der Waals surface area contributed by atoms with Crippen LogP contribution in [0.2, 0.25) is 10.0 Å². The van der Waals surface area contributed by atoms with Crippen LogP contribution in [0.15, 0.2) is 84.0 Å². The number of anilines is 1. The molecule has 10 unspecified atom stereocenters. The number of halogens is 2. The molecule has 41 heteroatoms. The van der Waals surface area contributed by atoms with E-state index in [4.69, 9.17) is 80.5 Å². The molecule has 5 aromatic carbocycles. The first-order valence-electron chi connectivity index (χ1n) is 34.0. The van der Waals surface area contributed by atoms with Crippen LogP contribution in [0.5, 0.6) is 46.0 Å². The van der Waals surface area contributed by atoms with Gasteiger partial charge in [-0.25, -0.2) is 15.3 Å². The second-order valence-electron chi connectivity index (χ2n) is 27.3. The number of aliphatic carboxylic acids is 1. The van der Waals surface area contributed by atoms with Crippen molar-refractivity contribution in [3.8, 4) is 57.1 Å². The van der Waals surface area contributed by atoms with Gasteiger partial charge >= 0.3 is 5.97 Å². The van der Waals surface area contributed by atoms with Crippen molar-refractivity contribution in [1.29, 1.82) is 0 Å². The number of carboxylic acid groups (broad SMARTS) is 1. The summed E-state index contributed by atoms with van der Waals surface area (Å²) in [5.41, 5.74) is 16.3. The number of likely N-dealkylation sites (N-methyl/N-ethyl adjacent to an activating group) is 1. The molecule has 110 heavy (non-hydrogen) atoms. The predicted molar refractivity (Wildman–Crippen MR) is 388 cm³/mol. The molecule has 592 valence electrons. The molecule has 11 rings (SSSR count). The highest BCUT2D eigenvalue weighted by Crippen LogP contribution is 2.50. The summed E-state index contributed by atoms with van der Waals surface area (Å²) in [6.45, 7) is 8.04. The van der Waals surface area contributed by atoms with Crippen LogP contribution in [0.4, 0.5) is 5.95 Å². The monoisotopic (exact) mass is 1590 g/mol. The first-order valence-corrected chi connectivity index (χ1v) is 35.8. The molecule has 2 saturated heterocycles. The highest BCUT2D eigenvalue weighted by Gasteiger charge is 2.52. The van der Waals surface area contributed by atoms with Gasteiger partial charge in [-0.05, 0) is 117 Å². The first kappa shape index (κ1) is 82.4. The van der Waals surface area contributed by atoms with Crippen LogP contribution >= 0.6 is 35.0 Å². The fourth-order valence-electron chi connectivity index (χ4n) is 12.9. The van der Waals surface area contributed by atoms with Gasteiger partial charge in [0.15, 0.2) is 29.9 Å². The number of primary amides is 2. The van der Waals surface area contributed by atoms with Crippen LogP contribution in [0, 0.1) is 5.92 Å². The van der Waals surface area contributed by atoms with Gasteiger partial charge in [0.1, 0.15) is 77.3 Å². The van der Waals surface area contributed by atoms with Gasteiger partial charge in [-0.2, -0.15) is 0 Å². The van der Waals surface area contributed by atoms with Crippen LogP contribution in [0.25, 0.3) is 11.1 Å². The summed E-state index contributed by atoms with van der Waals surface area (Å²) < 4.78 is 40.4. The van der Waals surface area contributed by atoms with E-state index in [0.29, 0.717) is 0 Å². The van der Waals surface area contributed by atoms with Gasteiger partial charge in [0.2, 0.25) is 58.5 Å². The van der Waals surface area contributed by atoms with E-state index in [-0.39, 0.29) is 85.0 Å². The van der Waals surface area contributed by atoms with E-state index >= 15 is 9.59 Å². The Bertz CT molecular complexity index is 4520. The van der Waals surface area contributed by atoms with Crippen molar-refractivity contribution in [3.05, 3.63) is 117 Å². The summed E-state index contributed by atoms with van der Waals surface area (Å²) in [6.07, 6.45) is -17.8. The first-order chi connectivity index (χ1) is 51.9. The largest absolute Gasteiger partial charge is 0.508 e. The summed E-state index contributed by atoms with van der Waals surface area (Å²) in [4.78, 5) is 111. The number of phenolic OH excluding ortho intramolecular Hbond substituents is 3. The number of carboxylic acids is 1. The lowest BCUT2D eigenvalue weighted by Crippen LogP contribution is -2.64. The van der Waals surface area contributed by atoms with E-state index in [9.17, 15) is 74.7 Å². The van der Waals surface area contributed by atoms with Gasteiger partial charge in [0.05, 0.1) is 46.7 Å². The van der Waals surface area contributed by atoms with Crippen LogP contribution in [-0.4, -0.2) is 200 Å². The molecule has 8 bridgehead atoms. The van der Waals surface area contributed by atoms with E-state index in [0.717, 1.165) is 52.8 Å². The van der Waals surface area contributed by atoms with Crippen molar-refractivity contribution >= 4 is 88.2 Å². The molecule has 7 amide bonds. The van der Waals surface area contributed by atoms with Crippen molar-refractivity contribution in [2.45, 2.75) is 168 Å². The fraction of sp³-hybridized carbons (Fsp3) is 0.420. The fourth-order valence-corrected chi connectivity index (χ4v) is 14.2. The van der Waals surface area contributed by atoms with Crippen LogP contribution in [0.1, 0.15) is 112 Å². The molecule has 5 aliphatic heterocycles. The van der Waals surface area contributed by atoms with Crippen LogP contribution < -0.4 is 80.4 Å². The Morgan fingerprint density at radius 3 is 2.15 bits per heavy atom. The van der Waals surface area contributed by atoms with E-state index < -0.39 is 208 Å². The summed E-state index contributed by atoms with van der Waals surface area (Å²) in [5, 5.41) is 127. The summed E-state index contributed by atoms with van der Waals surface area (Å²) >= 11 is 15.1. The number of thioether (sulfide) groups is 1. The van der Waals surface area contributed by atoms with E-state index in [1.807, 2.05) is 13.8 Å². The Hall–Kier alpha value is -10.1. The molecule has 0 spiro atoms. The van der Waals surface area contributed by atoms with E-state index in [1.54, 1.807) is 0 Å². The average molecular weight is 1590 g/mol. The standard InChI is InChI=1S/C69H83Cl2N15O23S/c1-24(2)13-37(77-6)61(98)81-50(63(100)78-36(59(73)96)21-45(72)90)52(91)28-8-11-40(34(70)15-28)105-42-17-30-18-43(56(42)109-66-57(108-46-22-69(5,74)58(95)26(4)104-46)55(94)54(93)44(107-66)23-110-68-85-84-67(83-75)86(68)76)106-41-12-9-29(16-35(41)71)53(92)51-64(101)80-49(65(102)103)33-19-31(87)20-39(89)47(33)32-14-27(7-10-38(32)88)48(62(99)82-51)79-60(97)25(30)3/h7-12,14-20,24-26,36-37,44,46,48-55,57-58,66,77,87-89,91-95H,13,21-23,74-76H2,1-6H3,(H2,72,90)(H2,73,96)(H,78,100)(H,79,97)(H,80,101)(H,81,98)(H,82,99)(H,83,84)(H,102,103)/t25-,26?,36+,37-,44?,46?,48-,49-,50-,51?,52-,53-,54?,55?,57?,58?,66?,69?/m1/s1. The highest BCUT2D eigenvalue weighted by molar-refractivity contribution is 7.99. The molecule has 26 N–H and O–H groups in total. The Morgan fingerprint density at radius 2 is 1.52 bits per heavy atom. The molecule has 2 fully saturated rings. The van der Waals surface area contributed by atoms with Gasteiger partial charge in [-0.3, -0.25) is 39.0 Å². The number of aromatic nitrogens is 3. The summed E-state index contributed by atoms with van der Waals surface area (Å²) in [6, 6.07) is 3.58. The number of fused-ring (bicyclic) bond motifs is 8. The maximum atomic E-state index is 15.4. The summed E-state index contributed by atoms with van der Waals surface area (Å²) in [7, 11) is 1.49. The van der Waals surface area contributed by atoms with E-state index in [2.05, 4.69) is 47.5 Å². The minimum atomic E-state index is -2.19. The molecule has 0 radical (unpaired) electrons. The van der Waals surface area contributed by atoms with Crippen molar-refractivity contribution in [1.82, 2.24) is 46.8 Å². The van der Waals surface area contributed by atoms with E-state index in [1.165, 1.54) is 70.3 Å². The van der Waals surface area contributed by atoms with Crippen LogP contribution in [-0.2, 0) is 52.6 Å². The number of nitrogens with zero attached hydrogens (tertiary/aromatic N) is 3. The lowest BCUT2D eigenvalue weighted by Gasteiger charge is -2.47. The molecular formula is C69H83Cl2N15O23S. The number of rotatable bonds is 23. The average Bonchev–Trinajstić information content (AvgIpc) is 0.830. The number of carbonyl (C=O) groups excluding carboxylic acids is 7. The van der Waals surface area contributed by atoms with Gasteiger partial charge in [0.25, 0.3) is 5.95 Å². The zero-order valence-corrected chi connectivity index (χ0v) is 61.7. The van der Waals surface area contributed by atoms with Gasteiger partial charge < -0.3 is 129 Å². The molecule has 6 aromatic rings. The van der Waals surface area contributed by atoms with Crippen molar-refractivity contribution in [2.75, 3.05) is 24.1 Å². The van der Waals surface area contributed by atoms with Crippen molar-refractivity contribution in [2.24, 2.45) is 29.0 Å². The Labute approximate surface area is 639 Å². The second-order valence-corrected chi connectivity index (χ2v) is 29.1. The number of nitrogen functional groups attached to an aromatic ring is 2. The number of aliphatic hydroxyl groups excluding tert-OH is 5. The van der Waals surface area contributed by atoms with Crippen molar-refractivity contribution in [3.63, 3.8) is 0 Å². The maximum absolute atomic E-state index is 15.4. The van der Waals surface area contributed by atoms with Crippen LogP contribution in [0.3, 0.4) is 0 Å². The maximum Gasteiger partial charge on any atom is 0.330 e. The smallest absolute Gasteiger partial charge is 0.330 e. The predicted octanol–water partition coefficient (Wildman–Crippen LogP) is -0.0850. The van der Waals surface area contributed by atoms with Crippen molar-refractivity contribution < 1.29 is 113 Å². The quantitative estimate of drug-likeness (QED) is 0.0226. The molecule has 1 aromatic heterocycles. The lowest BCUT2D eigenvalue weighted by atomic mass is 9.86. The molecule has 0 saturated carbocycles.